The predicted molar refractivity (Wildman–Crippen MR) is 227 cm³/mol. The van der Waals surface area contributed by atoms with Gasteiger partial charge in [-0.05, 0) is 140 Å². The van der Waals surface area contributed by atoms with Crippen molar-refractivity contribution in [3.8, 4) is 44.5 Å². The van der Waals surface area contributed by atoms with Crippen molar-refractivity contribution < 1.29 is 0 Å². The van der Waals surface area contributed by atoms with Gasteiger partial charge in [0.1, 0.15) is 0 Å². The number of fused-ring (bicyclic) bond motifs is 9. The Kier molecular flexibility index (Phi) is 7.24. The SMILES string of the molecule is c1ccc(-c2ccc(N(c3ccc(-c4ccc5ccccc5c4)cc3)c3ccc(-c4cccc5c4-c4ccccc4C54CC5CCC4C5)cc3)cc2)cc1. The van der Waals surface area contributed by atoms with Crippen LogP contribution in [0.4, 0.5) is 17.1 Å². The maximum absolute atomic E-state index is 2.45. The first-order chi connectivity index (χ1) is 26.7. The predicted octanol–water partition coefficient (Wildman–Crippen LogP) is 14.4. The molecule has 0 saturated heterocycles. The van der Waals surface area contributed by atoms with Crippen molar-refractivity contribution in [3.05, 3.63) is 199 Å². The summed E-state index contributed by atoms with van der Waals surface area (Å²) in [6.45, 7) is 0. The van der Waals surface area contributed by atoms with E-state index in [4.69, 9.17) is 0 Å². The van der Waals surface area contributed by atoms with E-state index in [1.54, 1.807) is 11.1 Å². The Labute approximate surface area is 318 Å². The number of hydrogen-bond acceptors (Lipinski definition) is 1. The van der Waals surface area contributed by atoms with Gasteiger partial charge in [0.05, 0.1) is 0 Å². The lowest BCUT2D eigenvalue weighted by atomic mass is 9.66. The Morgan fingerprint density at radius 1 is 0.407 bits per heavy atom. The highest BCUT2D eigenvalue weighted by atomic mass is 15.1. The molecule has 0 amide bonds. The van der Waals surface area contributed by atoms with E-state index < -0.39 is 0 Å². The molecule has 0 heterocycles. The molecule has 3 aliphatic rings. The first kappa shape index (κ1) is 31.4. The average molecular weight is 692 g/mol. The van der Waals surface area contributed by atoms with Crippen LogP contribution in [0.1, 0.15) is 36.8 Å². The molecule has 3 unspecified atom stereocenters. The summed E-state index contributed by atoms with van der Waals surface area (Å²) >= 11 is 0. The van der Waals surface area contributed by atoms with E-state index in [1.807, 2.05) is 0 Å². The van der Waals surface area contributed by atoms with Gasteiger partial charge in [-0.2, -0.15) is 0 Å². The quantitative estimate of drug-likeness (QED) is 0.168. The Bertz CT molecular complexity index is 2650. The molecule has 8 aromatic carbocycles. The van der Waals surface area contributed by atoms with Gasteiger partial charge in [-0.15, -0.1) is 0 Å². The van der Waals surface area contributed by atoms with E-state index in [9.17, 15) is 0 Å². The molecule has 0 aromatic heterocycles. The lowest BCUT2D eigenvalue weighted by Crippen LogP contribution is -2.31. The molecule has 0 N–H and O–H groups in total. The highest BCUT2D eigenvalue weighted by Gasteiger charge is 2.56. The second-order valence-corrected chi connectivity index (χ2v) is 15.7. The van der Waals surface area contributed by atoms with Gasteiger partial charge >= 0.3 is 0 Å². The van der Waals surface area contributed by atoms with Gasteiger partial charge in [0.25, 0.3) is 0 Å². The van der Waals surface area contributed by atoms with Crippen LogP contribution in [0.15, 0.2) is 188 Å². The van der Waals surface area contributed by atoms with Gasteiger partial charge in [0, 0.05) is 22.5 Å². The summed E-state index contributed by atoms with van der Waals surface area (Å²) in [4.78, 5) is 2.39. The minimum Gasteiger partial charge on any atom is -0.311 e. The van der Waals surface area contributed by atoms with Gasteiger partial charge in [-0.1, -0.05) is 152 Å². The lowest BCUT2D eigenvalue weighted by molar-refractivity contribution is 0.327. The molecule has 2 bridgehead atoms. The number of nitrogens with zero attached hydrogens (tertiary/aromatic N) is 1. The van der Waals surface area contributed by atoms with Crippen LogP contribution in [0.3, 0.4) is 0 Å². The summed E-state index contributed by atoms with van der Waals surface area (Å²) in [5.41, 5.74) is 17.2. The van der Waals surface area contributed by atoms with Crippen LogP contribution in [-0.4, -0.2) is 0 Å². The van der Waals surface area contributed by atoms with Crippen LogP contribution in [0.5, 0.6) is 0 Å². The van der Waals surface area contributed by atoms with Crippen molar-refractivity contribution in [2.45, 2.75) is 31.1 Å². The molecular formula is C53H41N. The minimum absolute atomic E-state index is 0.187. The highest BCUT2D eigenvalue weighted by Crippen LogP contribution is 2.66. The standard InChI is InChI=1S/C53H41N/c1-2-9-37(10-3-1)39-20-27-45(28-21-39)54(46-29-22-40(23-30-46)43-19-18-38-11-4-5-12-42(38)34-43)47-31-24-41(25-32-47)48-14-8-16-51-52(48)49-13-6-7-15-50(49)53(51)35-36-17-26-44(53)33-36/h1-16,18-25,27-32,34,36,44H,17,26,33,35H2. The second-order valence-electron chi connectivity index (χ2n) is 15.7. The fourth-order valence-corrected chi connectivity index (χ4v) is 10.5. The molecule has 11 rings (SSSR count). The Balaban J connectivity index is 0.986. The number of anilines is 3. The molecule has 54 heavy (non-hydrogen) atoms. The smallest absolute Gasteiger partial charge is 0.0462 e. The Morgan fingerprint density at radius 2 is 0.963 bits per heavy atom. The molecule has 3 aliphatic carbocycles. The second kappa shape index (κ2) is 12.5. The molecule has 2 fully saturated rings. The zero-order chi connectivity index (χ0) is 35.6. The van der Waals surface area contributed by atoms with Crippen LogP contribution in [0.25, 0.3) is 55.3 Å². The largest absolute Gasteiger partial charge is 0.311 e. The maximum atomic E-state index is 2.45. The van der Waals surface area contributed by atoms with Crippen LogP contribution >= 0.6 is 0 Å². The summed E-state index contributed by atoms with van der Waals surface area (Å²) in [5, 5.41) is 2.53. The molecular weight excluding hydrogens is 651 g/mol. The monoisotopic (exact) mass is 691 g/mol. The minimum atomic E-state index is 0.187. The molecule has 0 aliphatic heterocycles. The molecule has 1 nitrogen and oxygen atoms in total. The number of hydrogen-bond donors (Lipinski definition) is 0. The van der Waals surface area contributed by atoms with Crippen molar-refractivity contribution in [3.63, 3.8) is 0 Å². The van der Waals surface area contributed by atoms with E-state index in [2.05, 4.69) is 193 Å². The van der Waals surface area contributed by atoms with E-state index in [0.717, 1.165) is 28.9 Å². The Hall–Kier alpha value is -6.18. The van der Waals surface area contributed by atoms with Crippen LogP contribution in [0.2, 0.25) is 0 Å². The number of benzene rings is 8. The summed E-state index contributed by atoms with van der Waals surface area (Å²) in [5.74, 6) is 1.63. The molecule has 1 spiro atoms. The normalized spacial score (nSPS) is 19.3. The molecule has 0 radical (unpaired) electrons. The van der Waals surface area contributed by atoms with E-state index in [-0.39, 0.29) is 5.41 Å². The summed E-state index contributed by atoms with van der Waals surface area (Å²) < 4.78 is 0. The van der Waals surface area contributed by atoms with Crippen LogP contribution < -0.4 is 4.90 Å². The first-order valence-electron chi connectivity index (χ1n) is 19.6. The van der Waals surface area contributed by atoms with Crippen molar-refractivity contribution in [2.75, 3.05) is 4.90 Å². The van der Waals surface area contributed by atoms with Gasteiger partial charge in [-0.3, -0.25) is 0 Å². The number of rotatable bonds is 6. The zero-order valence-corrected chi connectivity index (χ0v) is 30.3. The van der Waals surface area contributed by atoms with E-state index >= 15 is 0 Å². The van der Waals surface area contributed by atoms with Crippen molar-refractivity contribution >= 4 is 27.8 Å². The van der Waals surface area contributed by atoms with E-state index in [0.29, 0.717) is 0 Å². The zero-order valence-electron chi connectivity index (χ0n) is 30.3. The fourth-order valence-electron chi connectivity index (χ4n) is 10.5. The Morgan fingerprint density at radius 3 is 1.65 bits per heavy atom. The summed E-state index contributed by atoms with van der Waals surface area (Å²) in [6, 6.07) is 69.7. The maximum Gasteiger partial charge on any atom is 0.0462 e. The average Bonchev–Trinajstić information content (AvgIpc) is 3.95. The van der Waals surface area contributed by atoms with Crippen molar-refractivity contribution in [1.29, 1.82) is 0 Å². The molecule has 3 atom stereocenters. The third kappa shape index (κ3) is 4.92. The highest BCUT2D eigenvalue weighted by molar-refractivity contribution is 5.94. The first-order valence-corrected chi connectivity index (χ1v) is 19.6. The third-order valence-corrected chi connectivity index (χ3v) is 12.9. The van der Waals surface area contributed by atoms with Crippen LogP contribution in [0, 0.1) is 11.8 Å². The summed E-state index contributed by atoms with van der Waals surface area (Å²) in [7, 11) is 0. The third-order valence-electron chi connectivity index (χ3n) is 12.9. The molecule has 8 aromatic rings. The summed E-state index contributed by atoms with van der Waals surface area (Å²) in [6.07, 6.45) is 5.46. The molecule has 258 valence electrons. The molecule has 1 heteroatoms. The van der Waals surface area contributed by atoms with Crippen LogP contribution in [-0.2, 0) is 5.41 Å². The topological polar surface area (TPSA) is 3.24 Å². The van der Waals surface area contributed by atoms with E-state index in [1.165, 1.54) is 81.0 Å². The van der Waals surface area contributed by atoms with Gasteiger partial charge < -0.3 is 4.90 Å². The van der Waals surface area contributed by atoms with Gasteiger partial charge in [0.15, 0.2) is 0 Å². The van der Waals surface area contributed by atoms with Gasteiger partial charge in [-0.25, -0.2) is 0 Å². The fraction of sp³-hybridized carbons (Fsp3) is 0.132. The lowest BCUT2D eigenvalue weighted by Gasteiger charge is -2.36. The van der Waals surface area contributed by atoms with Crippen molar-refractivity contribution in [1.82, 2.24) is 0 Å². The van der Waals surface area contributed by atoms with Crippen molar-refractivity contribution in [2.24, 2.45) is 11.8 Å². The van der Waals surface area contributed by atoms with Gasteiger partial charge in [0.2, 0.25) is 0 Å². The molecule has 2 saturated carbocycles.